The fourth-order valence-electron chi connectivity index (χ4n) is 1.64. The van der Waals surface area contributed by atoms with Gasteiger partial charge >= 0.3 is 5.97 Å². The van der Waals surface area contributed by atoms with Gasteiger partial charge in [-0.2, -0.15) is 0 Å². The van der Waals surface area contributed by atoms with E-state index in [0.29, 0.717) is 23.8 Å². The number of aromatic nitrogens is 3. The Morgan fingerprint density at radius 2 is 2.32 bits per heavy atom. The van der Waals surface area contributed by atoms with Crippen molar-refractivity contribution in [2.75, 3.05) is 18.5 Å². The van der Waals surface area contributed by atoms with Gasteiger partial charge in [0.15, 0.2) is 0 Å². The van der Waals surface area contributed by atoms with Crippen LogP contribution in [0.1, 0.15) is 16.1 Å². The van der Waals surface area contributed by atoms with E-state index in [1.54, 1.807) is 12.4 Å². The van der Waals surface area contributed by atoms with Crippen LogP contribution in [0.15, 0.2) is 18.5 Å². The number of hydrogen-bond acceptors (Lipinski definition) is 5. The Kier molecular flexibility index (Phi) is 3.76. The van der Waals surface area contributed by atoms with Gasteiger partial charge in [0.1, 0.15) is 5.69 Å². The van der Waals surface area contributed by atoms with Crippen molar-refractivity contribution in [1.29, 1.82) is 0 Å². The smallest absolute Gasteiger partial charge is 0.352 e. The summed E-state index contributed by atoms with van der Waals surface area (Å²) in [5.74, 6) is -0.621. The maximum absolute atomic E-state index is 10.8. The van der Waals surface area contributed by atoms with E-state index in [9.17, 15) is 4.79 Å². The predicted molar refractivity (Wildman–Crippen MR) is 69.1 cm³/mol. The molecule has 2 rings (SSSR count). The van der Waals surface area contributed by atoms with Crippen molar-refractivity contribution in [3.63, 3.8) is 0 Å². The number of carboxylic acid groups (broad SMARTS) is 1. The summed E-state index contributed by atoms with van der Waals surface area (Å²) in [6, 6.07) is 1.52. The number of aromatic amines is 1. The van der Waals surface area contributed by atoms with E-state index in [4.69, 9.17) is 10.2 Å². The minimum atomic E-state index is -1.02. The molecule has 100 valence electrons. The number of H-pyrrole nitrogens is 1. The summed E-state index contributed by atoms with van der Waals surface area (Å²) in [6.07, 6.45) is 3.24. The molecule has 7 heteroatoms. The number of aliphatic hydroxyl groups excluding tert-OH is 1. The third-order valence-electron chi connectivity index (χ3n) is 2.55. The maximum atomic E-state index is 10.8. The lowest BCUT2D eigenvalue weighted by Gasteiger charge is -2.06. The second kappa shape index (κ2) is 5.49. The Morgan fingerprint density at radius 1 is 1.53 bits per heavy atom. The number of aliphatic hydroxyl groups is 1. The highest BCUT2D eigenvalue weighted by Crippen LogP contribution is 2.22. The highest BCUT2D eigenvalue weighted by molar-refractivity contribution is 5.87. The Labute approximate surface area is 109 Å². The second-order valence-electron chi connectivity index (χ2n) is 3.98. The van der Waals surface area contributed by atoms with Crippen molar-refractivity contribution in [3.8, 4) is 11.3 Å². The number of aryl methyl sites for hydroxylation is 1. The lowest BCUT2D eigenvalue weighted by molar-refractivity contribution is 0.0691. The van der Waals surface area contributed by atoms with Gasteiger partial charge < -0.3 is 20.5 Å². The van der Waals surface area contributed by atoms with Gasteiger partial charge in [-0.05, 0) is 18.6 Å². The molecule has 2 aromatic rings. The standard InChI is InChI=1S/C12H14N4O3/c1-7-5-15-12(13-2-3-17)16-10(7)8-4-9(11(18)19)14-6-8/h4-6,14,17H,2-3H2,1H3,(H,18,19)(H,13,15,16). The fraction of sp³-hybridized carbons (Fsp3) is 0.250. The van der Waals surface area contributed by atoms with Crippen LogP contribution in [-0.2, 0) is 0 Å². The molecule has 0 unspecified atom stereocenters. The van der Waals surface area contributed by atoms with Crippen LogP contribution < -0.4 is 5.32 Å². The van der Waals surface area contributed by atoms with Crippen LogP contribution in [0.4, 0.5) is 5.95 Å². The van der Waals surface area contributed by atoms with Gasteiger partial charge in [0.05, 0.1) is 12.3 Å². The van der Waals surface area contributed by atoms with E-state index >= 15 is 0 Å². The van der Waals surface area contributed by atoms with Crippen LogP contribution in [0.5, 0.6) is 0 Å². The molecule has 0 fully saturated rings. The van der Waals surface area contributed by atoms with Crippen LogP contribution in [0.3, 0.4) is 0 Å². The zero-order valence-corrected chi connectivity index (χ0v) is 10.3. The minimum Gasteiger partial charge on any atom is -0.477 e. The van der Waals surface area contributed by atoms with Gasteiger partial charge in [-0.3, -0.25) is 0 Å². The van der Waals surface area contributed by atoms with E-state index in [1.165, 1.54) is 6.07 Å². The predicted octanol–water partition coefficient (Wildman–Crippen LogP) is 0.883. The number of anilines is 1. The van der Waals surface area contributed by atoms with Crippen LogP contribution in [0, 0.1) is 6.92 Å². The summed E-state index contributed by atoms with van der Waals surface area (Å²) in [4.78, 5) is 21.9. The molecule has 0 atom stereocenters. The van der Waals surface area contributed by atoms with E-state index in [2.05, 4.69) is 20.3 Å². The first-order valence-corrected chi connectivity index (χ1v) is 5.72. The average molecular weight is 262 g/mol. The first kappa shape index (κ1) is 13.0. The van der Waals surface area contributed by atoms with Crippen LogP contribution in [0.2, 0.25) is 0 Å². The summed E-state index contributed by atoms with van der Waals surface area (Å²) in [5.41, 5.74) is 2.28. The Morgan fingerprint density at radius 3 is 2.95 bits per heavy atom. The molecule has 0 aliphatic carbocycles. The molecule has 0 saturated heterocycles. The van der Waals surface area contributed by atoms with E-state index < -0.39 is 5.97 Å². The molecule has 0 bridgehead atoms. The Balaban J connectivity index is 2.33. The highest BCUT2D eigenvalue weighted by Gasteiger charge is 2.11. The summed E-state index contributed by atoms with van der Waals surface area (Å²) in [6.45, 7) is 2.19. The lowest BCUT2D eigenvalue weighted by Crippen LogP contribution is -2.09. The fourth-order valence-corrected chi connectivity index (χ4v) is 1.64. The monoisotopic (exact) mass is 262 g/mol. The third-order valence-corrected chi connectivity index (χ3v) is 2.55. The van der Waals surface area contributed by atoms with Gasteiger partial charge in [0, 0.05) is 24.5 Å². The van der Waals surface area contributed by atoms with Crippen molar-refractivity contribution in [3.05, 3.63) is 29.7 Å². The number of carboxylic acids is 1. The van der Waals surface area contributed by atoms with Crippen LogP contribution in [0.25, 0.3) is 11.3 Å². The second-order valence-corrected chi connectivity index (χ2v) is 3.98. The zero-order chi connectivity index (χ0) is 13.8. The van der Waals surface area contributed by atoms with Crippen LogP contribution >= 0.6 is 0 Å². The Bertz CT molecular complexity index is 594. The summed E-state index contributed by atoms with van der Waals surface area (Å²) < 4.78 is 0. The molecule has 4 N–H and O–H groups in total. The van der Waals surface area contributed by atoms with Gasteiger partial charge in [0.25, 0.3) is 0 Å². The molecule has 2 heterocycles. The number of nitrogens with one attached hydrogen (secondary N) is 2. The molecule has 0 amide bonds. The molecule has 0 spiro atoms. The van der Waals surface area contributed by atoms with Gasteiger partial charge in [-0.25, -0.2) is 14.8 Å². The van der Waals surface area contributed by atoms with Crippen molar-refractivity contribution in [1.82, 2.24) is 15.0 Å². The lowest BCUT2D eigenvalue weighted by atomic mass is 10.1. The molecular weight excluding hydrogens is 248 g/mol. The topological polar surface area (TPSA) is 111 Å². The zero-order valence-electron chi connectivity index (χ0n) is 10.3. The molecule has 0 radical (unpaired) electrons. The van der Waals surface area contributed by atoms with Gasteiger partial charge in [-0.15, -0.1) is 0 Å². The maximum Gasteiger partial charge on any atom is 0.352 e. The largest absolute Gasteiger partial charge is 0.477 e. The van der Waals surface area contributed by atoms with E-state index in [-0.39, 0.29) is 12.3 Å². The number of nitrogens with zero attached hydrogens (tertiary/aromatic N) is 2. The molecule has 0 saturated carbocycles. The number of aromatic carboxylic acids is 1. The number of hydrogen-bond donors (Lipinski definition) is 4. The summed E-state index contributed by atoms with van der Waals surface area (Å²) in [7, 11) is 0. The Hall–Kier alpha value is -2.41. The first-order chi connectivity index (χ1) is 9.11. The number of rotatable bonds is 5. The van der Waals surface area contributed by atoms with Crippen LogP contribution in [-0.4, -0.2) is 44.3 Å². The van der Waals surface area contributed by atoms with E-state index in [1.807, 2.05) is 6.92 Å². The molecule has 0 aromatic carbocycles. The quantitative estimate of drug-likeness (QED) is 0.636. The molecule has 7 nitrogen and oxygen atoms in total. The normalized spacial score (nSPS) is 10.4. The molecular formula is C12H14N4O3. The first-order valence-electron chi connectivity index (χ1n) is 5.72. The summed E-state index contributed by atoms with van der Waals surface area (Å²) in [5, 5.41) is 20.5. The molecule has 0 aliphatic rings. The van der Waals surface area contributed by atoms with Crippen molar-refractivity contribution in [2.45, 2.75) is 6.92 Å². The van der Waals surface area contributed by atoms with Crippen molar-refractivity contribution >= 4 is 11.9 Å². The highest BCUT2D eigenvalue weighted by atomic mass is 16.4. The molecule has 0 aliphatic heterocycles. The van der Waals surface area contributed by atoms with Gasteiger partial charge in [-0.1, -0.05) is 0 Å². The van der Waals surface area contributed by atoms with E-state index in [0.717, 1.165) is 5.56 Å². The van der Waals surface area contributed by atoms with Gasteiger partial charge in [0.2, 0.25) is 5.95 Å². The number of carbonyl (C=O) groups is 1. The van der Waals surface area contributed by atoms with Crippen molar-refractivity contribution < 1.29 is 15.0 Å². The summed E-state index contributed by atoms with van der Waals surface area (Å²) >= 11 is 0. The minimum absolute atomic E-state index is 0.0140. The van der Waals surface area contributed by atoms with Crippen molar-refractivity contribution in [2.24, 2.45) is 0 Å². The third kappa shape index (κ3) is 2.89. The average Bonchev–Trinajstić information content (AvgIpc) is 2.87. The SMILES string of the molecule is Cc1cnc(NCCO)nc1-c1c[nH]c(C(=O)O)c1. The molecule has 2 aromatic heterocycles. The molecule has 19 heavy (non-hydrogen) atoms.